The fourth-order valence-corrected chi connectivity index (χ4v) is 3.65. The Kier molecular flexibility index (Phi) is 15.0. The van der Waals surface area contributed by atoms with Crippen LogP contribution < -0.4 is 0 Å². The Balaban J connectivity index is 3.05. The number of thioether (sulfide) groups is 1. The molecule has 0 fully saturated rings. The van der Waals surface area contributed by atoms with Gasteiger partial charge in [-0.25, -0.2) is 0 Å². The van der Waals surface area contributed by atoms with Crippen LogP contribution in [0.4, 0.5) is 0 Å². The molecule has 0 saturated carbocycles. The number of nitrogens with zero attached hydrogens (tertiary/aromatic N) is 1. The standard InChI is InChI=1S/C13H27NO2SSi/c1-15-18(16-2)12-10-8-6-4-3-5-7-9-11-17-13-14/h18H,3-12H2,1-2H3. The van der Waals surface area contributed by atoms with Gasteiger partial charge in [0.15, 0.2) is 0 Å². The van der Waals surface area contributed by atoms with Crippen molar-refractivity contribution >= 4 is 21.0 Å². The summed E-state index contributed by atoms with van der Waals surface area (Å²) in [7, 11) is 2.21. The van der Waals surface area contributed by atoms with Crippen LogP contribution in [0.2, 0.25) is 6.04 Å². The lowest BCUT2D eigenvalue weighted by atomic mass is 10.1. The van der Waals surface area contributed by atoms with Crippen molar-refractivity contribution in [1.29, 1.82) is 5.26 Å². The fraction of sp³-hybridized carbons (Fsp3) is 0.923. The summed E-state index contributed by atoms with van der Waals surface area (Å²) in [5, 5.41) is 10.5. The molecule has 0 radical (unpaired) electrons. The summed E-state index contributed by atoms with van der Waals surface area (Å²) in [6.07, 6.45) is 10.4. The number of hydrogen-bond donors (Lipinski definition) is 0. The van der Waals surface area contributed by atoms with Crippen molar-refractivity contribution in [2.75, 3.05) is 20.0 Å². The van der Waals surface area contributed by atoms with Gasteiger partial charge in [0.1, 0.15) is 5.40 Å². The van der Waals surface area contributed by atoms with Crippen LogP contribution in [-0.2, 0) is 8.85 Å². The maximum atomic E-state index is 8.36. The average Bonchev–Trinajstić information content (AvgIpc) is 2.40. The third-order valence-corrected chi connectivity index (χ3v) is 5.58. The molecule has 0 atom stereocenters. The Morgan fingerprint density at radius 2 is 1.39 bits per heavy atom. The second-order valence-electron chi connectivity index (χ2n) is 4.46. The molecule has 0 unspecified atom stereocenters. The Morgan fingerprint density at radius 1 is 0.889 bits per heavy atom. The molecule has 0 aromatic carbocycles. The van der Waals surface area contributed by atoms with Gasteiger partial charge in [-0.05, 0) is 24.2 Å². The smallest absolute Gasteiger partial charge is 0.320 e. The molecule has 5 heteroatoms. The molecule has 0 aliphatic rings. The highest BCUT2D eigenvalue weighted by atomic mass is 32.2. The average molecular weight is 290 g/mol. The van der Waals surface area contributed by atoms with Crippen LogP contribution in [0.3, 0.4) is 0 Å². The van der Waals surface area contributed by atoms with Gasteiger partial charge >= 0.3 is 9.28 Å². The third-order valence-electron chi connectivity index (χ3n) is 3.03. The predicted octanol–water partition coefficient (Wildman–Crippen LogP) is 3.83. The highest BCUT2D eigenvalue weighted by Gasteiger charge is 2.07. The number of rotatable bonds is 13. The minimum absolute atomic E-state index is 0.997. The zero-order valence-electron chi connectivity index (χ0n) is 11.8. The van der Waals surface area contributed by atoms with Crippen molar-refractivity contribution in [3.63, 3.8) is 0 Å². The molecule has 0 saturated heterocycles. The highest BCUT2D eigenvalue weighted by molar-refractivity contribution is 8.03. The molecule has 0 aromatic heterocycles. The monoisotopic (exact) mass is 289 g/mol. The quantitative estimate of drug-likeness (QED) is 0.293. The molecule has 106 valence electrons. The van der Waals surface area contributed by atoms with Gasteiger partial charge in [0.2, 0.25) is 0 Å². The zero-order valence-corrected chi connectivity index (χ0v) is 13.8. The summed E-state index contributed by atoms with van der Waals surface area (Å²) >= 11 is 1.38. The van der Waals surface area contributed by atoms with Crippen molar-refractivity contribution in [3.05, 3.63) is 0 Å². The number of nitriles is 1. The van der Waals surface area contributed by atoms with E-state index in [4.69, 9.17) is 14.1 Å². The highest BCUT2D eigenvalue weighted by Crippen LogP contribution is 2.12. The van der Waals surface area contributed by atoms with Gasteiger partial charge in [-0.2, -0.15) is 5.26 Å². The first-order valence-corrected chi connectivity index (χ1v) is 9.66. The van der Waals surface area contributed by atoms with E-state index in [-0.39, 0.29) is 0 Å². The van der Waals surface area contributed by atoms with Gasteiger partial charge in [-0.15, -0.1) is 0 Å². The minimum atomic E-state index is -1.30. The molecule has 0 aromatic rings. The van der Waals surface area contributed by atoms with Gasteiger partial charge in [0.05, 0.1) is 0 Å². The predicted molar refractivity (Wildman–Crippen MR) is 81.0 cm³/mol. The van der Waals surface area contributed by atoms with Gasteiger partial charge in [-0.3, -0.25) is 0 Å². The van der Waals surface area contributed by atoms with Crippen LogP contribution in [0.15, 0.2) is 0 Å². The molecular weight excluding hydrogens is 262 g/mol. The summed E-state index contributed by atoms with van der Waals surface area (Å²) in [5.74, 6) is 0.997. The number of thiocyanates is 1. The summed E-state index contributed by atoms with van der Waals surface area (Å²) in [6.45, 7) is 0. The van der Waals surface area contributed by atoms with E-state index in [0.717, 1.165) is 11.8 Å². The summed E-state index contributed by atoms with van der Waals surface area (Å²) in [6, 6.07) is 1.14. The van der Waals surface area contributed by atoms with Crippen LogP contribution in [0.5, 0.6) is 0 Å². The van der Waals surface area contributed by atoms with Gasteiger partial charge < -0.3 is 8.85 Å². The molecule has 0 aliphatic carbocycles. The van der Waals surface area contributed by atoms with Gasteiger partial charge in [-0.1, -0.05) is 44.9 Å². The molecule has 0 heterocycles. The molecule has 0 N–H and O–H groups in total. The summed E-state index contributed by atoms with van der Waals surface area (Å²) in [5.41, 5.74) is 0. The van der Waals surface area contributed by atoms with Gasteiger partial charge in [0, 0.05) is 20.0 Å². The largest absolute Gasteiger partial charge is 0.400 e. The Bertz CT molecular complexity index is 208. The lowest BCUT2D eigenvalue weighted by Gasteiger charge is -2.10. The van der Waals surface area contributed by atoms with E-state index in [2.05, 4.69) is 5.40 Å². The van der Waals surface area contributed by atoms with E-state index in [1.165, 1.54) is 63.1 Å². The number of unbranched alkanes of at least 4 members (excludes halogenated alkanes) is 7. The van der Waals surface area contributed by atoms with E-state index in [0.29, 0.717) is 0 Å². The zero-order chi connectivity index (χ0) is 13.5. The lowest BCUT2D eigenvalue weighted by Crippen LogP contribution is -2.18. The Morgan fingerprint density at radius 3 is 1.89 bits per heavy atom. The molecule has 0 aliphatic heterocycles. The first-order valence-electron chi connectivity index (χ1n) is 6.91. The summed E-state index contributed by atoms with van der Waals surface area (Å²) in [4.78, 5) is 0. The first-order chi connectivity index (χ1) is 8.85. The molecule has 0 spiro atoms. The van der Waals surface area contributed by atoms with E-state index >= 15 is 0 Å². The molecule has 0 rings (SSSR count). The van der Waals surface area contributed by atoms with Crippen molar-refractivity contribution in [1.82, 2.24) is 0 Å². The maximum Gasteiger partial charge on any atom is 0.320 e. The SMILES string of the molecule is CO[SiH](CCCCCCCCCCSC#N)OC. The van der Waals surface area contributed by atoms with Crippen LogP contribution in [-0.4, -0.2) is 29.3 Å². The van der Waals surface area contributed by atoms with E-state index in [9.17, 15) is 0 Å². The number of hydrogen-bond acceptors (Lipinski definition) is 4. The second-order valence-corrected chi connectivity index (χ2v) is 7.72. The van der Waals surface area contributed by atoms with E-state index in [1.807, 2.05) is 0 Å². The van der Waals surface area contributed by atoms with Gasteiger partial charge in [0.25, 0.3) is 0 Å². The molecule has 0 amide bonds. The topological polar surface area (TPSA) is 42.2 Å². The molecular formula is C13H27NO2SSi. The van der Waals surface area contributed by atoms with Crippen molar-refractivity contribution in [2.24, 2.45) is 0 Å². The van der Waals surface area contributed by atoms with Crippen LogP contribution in [0, 0.1) is 10.7 Å². The maximum absolute atomic E-state index is 8.36. The van der Waals surface area contributed by atoms with Crippen molar-refractivity contribution in [2.45, 2.75) is 57.4 Å². The Labute approximate surface area is 118 Å². The first kappa shape index (κ1) is 18.0. The van der Waals surface area contributed by atoms with Crippen LogP contribution in [0.1, 0.15) is 51.4 Å². The van der Waals surface area contributed by atoms with E-state index in [1.54, 1.807) is 14.2 Å². The van der Waals surface area contributed by atoms with Crippen LogP contribution in [0.25, 0.3) is 0 Å². The Hall–Kier alpha value is -0.0231. The molecule has 3 nitrogen and oxygen atoms in total. The lowest BCUT2D eigenvalue weighted by molar-refractivity contribution is 0.276. The summed E-state index contributed by atoms with van der Waals surface area (Å²) < 4.78 is 10.6. The van der Waals surface area contributed by atoms with Crippen LogP contribution >= 0.6 is 11.8 Å². The minimum Gasteiger partial charge on any atom is -0.400 e. The second kappa shape index (κ2) is 15.0. The molecule has 0 bridgehead atoms. The normalized spacial score (nSPS) is 10.8. The van der Waals surface area contributed by atoms with E-state index < -0.39 is 9.28 Å². The fourth-order valence-electron chi connectivity index (χ4n) is 1.92. The third kappa shape index (κ3) is 12.4. The molecule has 18 heavy (non-hydrogen) atoms. The van der Waals surface area contributed by atoms with Crippen molar-refractivity contribution in [3.8, 4) is 5.40 Å². The van der Waals surface area contributed by atoms with Crippen molar-refractivity contribution < 1.29 is 8.85 Å².